The second-order valence-electron chi connectivity index (χ2n) is 5.15. The maximum atomic E-state index is 12.3. The number of aromatic nitrogens is 1. The van der Waals surface area contributed by atoms with Gasteiger partial charge in [-0.15, -0.1) is 11.3 Å². The lowest BCUT2D eigenvalue weighted by Gasteiger charge is -2.10. The summed E-state index contributed by atoms with van der Waals surface area (Å²) >= 11 is 1.59. The van der Waals surface area contributed by atoms with Crippen molar-refractivity contribution in [3.05, 3.63) is 39.8 Å². The number of primary sulfonamides is 1. The van der Waals surface area contributed by atoms with E-state index in [1.165, 1.54) is 25.3 Å². The Morgan fingerprint density at radius 3 is 2.75 bits per heavy atom. The van der Waals surface area contributed by atoms with E-state index in [0.717, 1.165) is 23.5 Å². The lowest BCUT2D eigenvalue weighted by atomic mass is 10.2. The summed E-state index contributed by atoms with van der Waals surface area (Å²) in [6, 6.07) is 3.93. The number of amides is 1. The van der Waals surface area contributed by atoms with Crippen LogP contribution in [0.5, 0.6) is 5.75 Å². The monoisotopic (exact) mass is 369 g/mol. The molecule has 0 saturated carbocycles. The highest BCUT2D eigenvalue weighted by atomic mass is 32.2. The minimum absolute atomic E-state index is 0.133. The SMILES string of the molecule is COc1ccc(S(N)(=O)=O)cc1C(=O)NCCCc1nc(C)cs1. The molecule has 3 N–H and O–H groups in total. The van der Waals surface area contributed by atoms with E-state index in [9.17, 15) is 13.2 Å². The second kappa shape index (κ2) is 7.73. The van der Waals surface area contributed by atoms with Crippen molar-refractivity contribution in [2.75, 3.05) is 13.7 Å². The van der Waals surface area contributed by atoms with Crippen molar-refractivity contribution in [2.45, 2.75) is 24.7 Å². The molecule has 0 saturated heterocycles. The van der Waals surface area contributed by atoms with Crippen LogP contribution >= 0.6 is 11.3 Å². The van der Waals surface area contributed by atoms with Gasteiger partial charge in [-0.1, -0.05) is 0 Å². The number of ether oxygens (including phenoxy) is 1. The first kappa shape index (κ1) is 18.4. The standard InChI is InChI=1S/C15H19N3O4S2/c1-10-9-23-14(18-10)4-3-7-17-15(19)12-8-11(24(16,20)21)5-6-13(12)22-2/h5-6,8-9H,3-4,7H2,1-2H3,(H,17,19)(H2,16,20,21). The van der Waals surface area contributed by atoms with Gasteiger partial charge < -0.3 is 10.1 Å². The molecule has 130 valence electrons. The van der Waals surface area contributed by atoms with Crippen molar-refractivity contribution in [3.8, 4) is 5.75 Å². The van der Waals surface area contributed by atoms with Crippen LogP contribution in [-0.4, -0.2) is 33.0 Å². The van der Waals surface area contributed by atoms with Gasteiger partial charge in [-0.05, 0) is 31.5 Å². The summed E-state index contributed by atoms with van der Waals surface area (Å²) < 4.78 is 28.0. The predicted molar refractivity (Wildman–Crippen MR) is 91.9 cm³/mol. The number of aryl methyl sites for hydroxylation is 2. The van der Waals surface area contributed by atoms with Crippen LogP contribution in [-0.2, 0) is 16.4 Å². The van der Waals surface area contributed by atoms with Gasteiger partial charge in [0.1, 0.15) is 5.75 Å². The first-order valence-corrected chi connectivity index (χ1v) is 9.64. The van der Waals surface area contributed by atoms with Crippen LogP contribution in [0.4, 0.5) is 0 Å². The van der Waals surface area contributed by atoms with Crippen LogP contribution in [0.2, 0.25) is 0 Å². The number of nitrogens with one attached hydrogen (secondary N) is 1. The number of carbonyl (C=O) groups excluding carboxylic acids is 1. The maximum Gasteiger partial charge on any atom is 0.255 e. The van der Waals surface area contributed by atoms with Crippen LogP contribution in [0.25, 0.3) is 0 Å². The zero-order valence-electron chi connectivity index (χ0n) is 13.4. The fourth-order valence-corrected chi connectivity index (χ4v) is 3.45. The van der Waals surface area contributed by atoms with Crippen LogP contribution in [0.15, 0.2) is 28.5 Å². The number of carbonyl (C=O) groups is 1. The Morgan fingerprint density at radius 1 is 1.42 bits per heavy atom. The first-order valence-electron chi connectivity index (χ1n) is 7.21. The second-order valence-corrected chi connectivity index (χ2v) is 7.65. The maximum absolute atomic E-state index is 12.3. The molecule has 0 radical (unpaired) electrons. The molecule has 2 aromatic rings. The zero-order chi connectivity index (χ0) is 17.7. The molecule has 24 heavy (non-hydrogen) atoms. The minimum Gasteiger partial charge on any atom is -0.496 e. The molecule has 1 amide bonds. The topological polar surface area (TPSA) is 111 Å². The third-order valence-electron chi connectivity index (χ3n) is 3.26. The minimum atomic E-state index is -3.89. The molecule has 9 heteroatoms. The average Bonchev–Trinajstić information content (AvgIpc) is 2.95. The summed E-state index contributed by atoms with van der Waals surface area (Å²) in [4.78, 5) is 16.5. The number of benzene rings is 1. The van der Waals surface area contributed by atoms with Gasteiger partial charge in [0.25, 0.3) is 5.91 Å². The molecule has 0 fully saturated rings. The number of sulfonamides is 1. The molecular formula is C15H19N3O4S2. The highest BCUT2D eigenvalue weighted by molar-refractivity contribution is 7.89. The Bertz CT molecular complexity index is 831. The van der Waals surface area contributed by atoms with Gasteiger partial charge in [0.15, 0.2) is 0 Å². The van der Waals surface area contributed by atoms with Crippen LogP contribution < -0.4 is 15.2 Å². The van der Waals surface area contributed by atoms with Gasteiger partial charge in [0.05, 0.1) is 22.6 Å². The fourth-order valence-electron chi connectivity index (χ4n) is 2.10. The summed E-state index contributed by atoms with van der Waals surface area (Å²) in [6.07, 6.45) is 1.50. The normalized spacial score (nSPS) is 11.3. The molecule has 2 rings (SSSR count). The lowest BCUT2D eigenvalue weighted by Crippen LogP contribution is -2.26. The van der Waals surface area contributed by atoms with Crippen LogP contribution in [0, 0.1) is 6.92 Å². The summed E-state index contributed by atoms with van der Waals surface area (Å²) in [5.74, 6) is -0.122. The van der Waals surface area contributed by atoms with Crippen LogP contribution in [0.1, 0.15) is 27.5 Å². The smallest absolute Gasteiger partial charge is 0.255 e. The summed E-state index contributed by atoms with van der Waals surface area (Å²) in [6.45, 7) is 2.38. The summed E-state index contributed by atoms with van der Waals surface area (Å²) in [5.41, 5.74) is 1.12. The highest BCUT2D eigenvalue weighted by Gasteiger charge is 2.17. The van der Waals surface area contributed by atoms with Crippen molar-refractivity contribution < 1.29 is 17.9 Å². The summed E-state index contributed by atoms with van der Waals surface area (Å²) in [5, 5.41) is 10.9. The molecule has 0 unspecified atom stereocenters. The third-order valence-corrected chi connectivity index (χ3v) is 5.20. The van der Waals surface area contributed by atoms with Crippen LogP contribution in [0.3, 0.4) is 0 Å². The molecule has 1 aromatic heterocycles. The molecule has 0 aliphatic carbocycles. The van der Waals surface area contributed by atoms with Gasteiger partial charge in [-0.25, -0.2) is 18.5 Å². The van der Waals surface area contributed by atoms with Gasteiger partial charge >= 0.3 is 0 Å². The van der Waals surface area contributed by atoms with E-state index >= 15 is 0 Å². The molecule has 0 bridgehead atoms. The molecule has 0 atom stereocenters. The predicted octanol–water partition coefficient (Wildman–Crippen LogP) is 1.47. The number of nitrogens with two attached hydrogens (primary N) is 1. The summed E-state index contributed by atoms with van der Waals surface area (Å²) in [7, 11) is -2.47. The zero-order valence-corrected chi connectivity index (χ0v) is 15.0. The van der Waals surface area contributed by atoms with E-state index in [0.29, 0.717) is 6.54 Å². The van der Waals surface area contributed by atoms with Crippen molar-refractivity contribution in [1.82, 2.24) is 10.3 Å². The molecule has 0 aliphatic rings. The molecule has 1 aromatic carbocycles. The van der Waals surface area contributed by atoms with E-state index in [1.54, 1.807) is 11.3 Å². The Labute approximate surface area is 144 Å². The lowest BCUT2D eigenvalue weighted by molar-refractivity contribution is 0.0950. The van der Waals surface area contributed by atoms with Gasteiger partial charge in [0, 0.05) is 24.0 Å². The Morgan fingerprint density at radius 2 is 2.17 bits per heavy atom. The number of hydrogen-bond acceptors (Lipinski definition) is 6. The first-order chi connectivity index (χ1) is 11.3. The van der Waals surface area contributed by atoms with E-state index in [1.807, 2.05) is 12.3 Å². The average molecular weight is 369 g/mol. The molecule has 0 aliphatic heterocycles. The largest absolute Gasteiger partial charge is 0.496 e. The van der Waals surface area contributed by atoms with Gasteiger partial charge in [-0.3, -0.25) is 4.79 Å². The van der Waals surface area contributed by atoms with Gasteiger partial charge in [0.2, 0.25) is 10.0 Å². The van der Waals surface area contributed by atoms with E-state index in [4.69, 9.17) is 9.88 Å². The van der Waals surface area contributed by atoms with Crippen molar-refractivity contribution in [1.29, 1.82) is 0 Å². The highest BCUT2D eigenvalue weighted by Crippen LogP contribution is 2.21. The number of rotatable bonds is 7. The van der Waals surface area contributed by atoms with E-state index in [2.05, 4.69) is 10.3 Å². The Kier molecular flexibility index (Phi) is 5.92. The fraction of sp³-hybridized carbons (Fsp3) is 0.333. The quantitative estimate of drug-likeness (QED) is 0.718. The van der Waals surface area contributed by atoms with E-state index < -0.39 is 15.9 Å². The van der Waals surface area contributed by atoms with Crippen molar-refractivity contribution in [3.63, 3.8) is 0 Å². The van der Waals surface area contributed by atoms with Crippen molar-refractivity contribution in [2.24, 2.45) is 5.14 Å². The van der Waals surface area contributed by atoms with E-state index in [-0.39, 0.29) is 16.2 Å². The van der Waals surface area contributed by atoms with Crippen molar-refractivity contribution >= 4 is 27.3 Å². The number of nitrogens with zero attached hydrogens (tertiary/aromatic N) is 1. The molecular weight excluding hydrogens is 350 g/mol. The van der Waals surface area contributed by atoms with Gasteiger partial charge in [-0.2, -0.15) is 0 Å². The number of methoxy groups -OCH3 is 1. The molecule has 0 spiro atoms. The molecule has 1 heterocycles. The Balaban J connectivity index is 2.00. The molecule has 7 nitrogen and oxygen atoms in total. The third kappa shape index (κ3) is 4.76. The number of thiazole rings is 1. The number of hydrogen-bond donors (Lipinski definition) is 2. The Hall–Kier alpha value is -1.97.